The number of hydrogen-bond donors (Lipinski definition) is 1. The van der Waals surface area contributed by atoms with Crippen LogP contribution in [-0.4, -0.2) is 26.4 Å². The normalized spacial score (nSPS) is 11.2. The third-order valence-corrected chi connectivity index (χ3v) is 6.86. The molecule has 3 rings (SSSR count). The summed E-state index contributed by atoms with van der Waals surface area (Å²) in [5.41, 5.74) is 4.46. The van der Waals surface area contributed by atoms with Gasteiger partial charge in [-0.3, -0.25) is 4.79 Å². The van der Waals surface area contributed by atoms with E-state index in [-0.39, 0.29) is 5.91 Å². The average molecular weight is 429 g/mol. The molecule has 0 saturated carbocycles. The lowest BCUT2D eigenvalue weighted by Gasteiger charge is -2.10. The molecular formula is C22H28N4OS2. The number of nitrogens with zero attached hydrogens (tertiary/aromatic N) is 3. The monoisotopic (exact) mass is 428 g/mol. The highest BCUT2D eigenvalue weighted by Gasteiger charge is 2.18. The number of thioether (sulfide) groups is 1. The molecule has 5 nitrogen and oxygen atoms in total. The Bertz CT molecular complexity index is 973. The van der Waals surface area contributed by atoms with Gasteiger partial charge in [-0.2, -0.15) is 0 Å². The molecule has 29 heavy (non-hydrogen) atoms. The predicted molar refractivity (Wildman–Crippen MR) is 123 cm³/mol. The lowest BCUT2D eigenvalue weighted by atomic mass is 10.0. The zero-order chi connectivity index (χ0) is 21.0. The van der Waals surface area contributed by atoms with Gasteiger partial charge in [0, 0.05) is 28.1 Å². The van der Waals surface area contributed by atoms with Crippen LogP contribution in [0, 0.1) is 13.8 Å². The van der Waals surface area contributed by atoms with Gasteiger partial charge >= 0.3 is 0 Å². The SMILES string of the molecule is CCCn1c(SCC(=O)Nc2ccc(C(C)C)cc2)nnc1-c1csc(C)c1C. The van der Waals surface area contributed by atoms with Crippen molar-refractivity contribution < 1.29 is 4.79 Å². The summed E-state index contributed by atoms with van der Waals surface area (Å²) in [4.78, 5) is 13.7. The van der Waals surface area contributed by atoms with Crippen LogP contribution in [-0.2, 0) is 11.3 Å². The molecule has 0 bridgehead atoms. The molecule has 1 N–H and O–H groups in total. The Balaban J connectivity index is 1.68. The number of nitrogens with one attached hydrogen (secondary N) is 1. The van der Waals surface area contributed by atoms with E-state index in [9.17, 15) is 4.79 Å². The maximum atomic E-state index is 12.4. The topological polar surface area (TPSA) is 59.8 Å². The van der Waals surface area contributed by atoms with Crippen LogP contribution in [0.4, 0.5) is 5.69 Å². The van der Waals surface area contributed by atoms with Crippen molar-refractivity contribution in [2.24, 2.45) is 0 Å². The summed E-state index contributed by atoms with van der Waals surface area (Å²) >= 11 is 3.16. The Morgan fingerprint density at radius 1 is 1.21 bits per heavy atom. The lowest BCUT2D eigenvalue weighted by Crippen LogP contribution is -2.14. The van der Waals surface area contributed by atoms with E-state index in [0.717, 1.165) is 35.2 Å². The first kappa shape index (κ1) is 21.6. The van der Waals surface area contributed by atoms with Crippen LogP contribution < -0.4 is 5.32 Å². The molecule has 0 radical (unpaired) electrons. The summed E-state index contributed by atoms with van der Waals surface area (Å²) in [5, 5.41) is 14.7. The van der Waals surface area contributed by atoms with E-state index < -0.39 is 0 Å². The second-order valence-corrected chi connectivity index (χ2v) is 9.43. The molecule has 3 aromatic rings. The molecular weight excluding hydrogens is 400 g/mol. The van der Waals surface area contributed by atoms with E-state index in [2.05, 4.69) is 72.2 Å². The number of anilines is 1. The van der Waals surface area contributed by atoms with E-state index in [4.69, 9.17) is 0 Å². The largest absolute Gasteiger partial charge is 0.325 e. The molecule has 0 spiro atoms. The molecule has 154 valence electrons. The molecule has 7 heteroatoms. The lowest BCUT2D eigenvalue weighted by molar-refractivity contribution is -0.113. The van der Waals surface area contributed by atoms with Gasteiger partial charge in [0.25, 0.3) is 0 Å². The third kappa shape index (κ3) is 5.08. The van der Waals surface area contributed by atoms with Crippen molar-refractivity contribution in [2.75, 3.05) is 11.1 Å². The second kappa shape index (κ2) is 9.59. The number of aryl methyl sites for hydroxylation is 1. The van der Waals surface area contributed by atoms with Gasteiger partial charge in [0.2, 0.25) is 5.91 Å². The molecule has 0 fully saturated rings. The first-order valence-corrected chi connectivity index (χ1v) is 11.8. The number of aromatic nitrogens is 3. The van der Waals surface area contributed by atoms with Gasteiger partial charge in [-0.15, -0.1) is 21.5 Å². The zero-order valence-corrected chi connectivity index (χ0v) is 19.3. The number of benzene rings is 1. The average Bonchev–Trinajstić information content (AvgIpc) is 3.24. The Hall–Kier alpha value is -2.12. The minimum Gasteiger partial charge on any atom is -0.325 e. The van der Waals surface area contributed by atoms with Crippen molar-refractivity contribution in [3.05, 3.63) is 45.6 Å². The summed E-state index contributed by atoms with van der Waals surface area (Å²) in [6.45, 7) is 11.5. The van der Waals surface area contributed by atoms with Gasteiger partial charge in [-0.05, 0) is 49.4 Å². The van der Waals surface area contributed by atoms with Crippen molar-refractivity contribution in [1.82, 2.24) is 14.8 Å². The summed E-state index contributed by atoms with van der Waals surface area (Å²) in [6, 6.07) is 8.03. The van der Waals surface area contributed by atoms with Crippen LogP contribution in [0.3, 0.4) is 0 Å². The van der Waals surface area contributed by atoms with Gasteiger partial charge in [0.15, 0.2) is 11.0 Å². The first-order chi connectivity index (χ1) is 13.9. The van der Waals surface area contributed by atoms with Crippen molar-refractivity contribution in [3.8, 4) is 11.4 Å². The maximum absolute atomic E-state index is 12.4. The highest BCUT2D eigenvalue weighted by atomic mass is 32.2. The molecule has 1 amide bonds. The van der Waals surface area contributed by atoms with E-state index in [0.29, 0.717) is 11.7 Å². The van der Waals surface area contributed by atoms with Gasteiger partial charge < -0.3 is 9.88 Å². The van der Waals surface area contributed by atoms with Crippen molar-refractivity contribution in [3.63, 3.8) is 0 Å². The van der Waals surface area contributed by atoms with E-state index in [1.165, 1.54) is 27.8 Å². The summed E-state index contributed by atoms with van der Waals surface area (Å²) < 4.78 is 2.13. The fraction of sp³-hybridized carbons (Fsp3) is 0.409. The fourth-order valence-electron chi connectivity index (χ4n) is 3.03. The number of amides is 1. The van der Waals surface area contributed by atoms with Crippen molar-refractivity contribution >= 4 is 34.7 Å². The number of carbonyl (C=O) groups is 1. The Morgan fingerprint density at radius 3 is 2.52 bits per heavy atom. The molecule has 0 unspecified atom stereocenters. The molecule has 0 aliphatic heterocycles. The summed E-state index contributed by atoms with van der Waals surface area (Å²) in [6.07, 6.45) is 0.981. The minimum absolute atomic E-state index is 0.0394. The van der Waals surface area contributed by atoms with E-state index in [1.54, 1.807) is 11.3 Å². The molecule has 1 aromatic carbocycles. The standard InChI is InChI=1S/C22H28N4OS2/c1-6-11-26-21(19-12-28-16(5)15(19)4)24-25-22(26)29-13-20(27)23-18-9-7-17(8-10-18)14(2)3/h7-10,12,14H,6,11,13H2,1-5H3,(H,23,27). The summed E-state index contributed by atoms with van der Waals surface area (Å²) in [7, 11) is 0. The maximum Gasteiger partial charge on any atom is 0.234 e. The van der Waals surface area contributed by atoms with Gasteiger partial charge in [0.05, 0.1) is 5.75 Å². The highest BCUT2D eigenvalue weighted by molar-refractivity contribution is 7.99. The molecule has 0 atom stereocenters. The zero-order valence-electron chi connectivity index (χ0n) is 17.7. The van der Waals surface area contributed by atoms with Crippen LogP contribution in [0.15, 0.2) is 34.8 Å². The Morgan fingerprint density at radius 2 is 1.93 bits per heavy atom. The van der Waals surface area contributed by atoms with Crippen molar-refractivity contribution in [1.29, 1.82) is 0 Å². The van der Waals surface area contributed by atoms with Crippen LogP contribution in [0.2, 0.25) is 0 Å². The Kier molecular flexibility index (Phi) is 7.14. The molecule has 0 saturated heterocycles. The van der Waals surface area contributed by atoms with E-state index in [1.807, 2.05) is 12.1 Å². The molecule has 2 aromatic heterocycles. The quantitative estimate of drug-likeness (QED) is 0.455. The molecule has 0 aliphatic rings. The van der Waals surface area contributed by atoms with Crippen LogP contribution >= 0.6 is 23.1 Å². The first-order valence-electron chi connectivity index (χ1n) is 9.91. The number of carbonyl (C=O) groups excluding carboxylic acids is 1. The van der Waals surface area contributed by atoms with Crippen LogP contribution in [0.5, 0.6) is 0 Å². The van der Waals surface area contributed by atoms with Crippen LogP contribution in [0.25, 0.3) is 11.4 Å². The van der Waals surface area contributed by atoms with Gasteiger partial charge in [-0.1, -0.05) is 44.7 Å². The summed E-state index contributed by atoms with van der Waals surface area (Å²) in [5.74, 6) is 1.63. The van der Waals surface area contributed by atoms with Crippen molar-refractivity contribution in [2.45, 2.75) is 58.7 Å². The number of hydrogen-bond acceptors (Lipinski definition) is 5. The third-order valence-electron chi connectivity index (χ3n) is 4.88. The fourth-order valence-corrected chi connectivity index (χ4v) is 4.66. The highest BCUT2D eigenvalue weighted by Crippen LogP contribution is 2.31. The van der Waals surface area contributed by atoms with Gasteiger partial charge in [0.1, 0.15) is 0 Å². The van der Waals surface area contributed by atoms with Crippen LogP contribution in [0.1, 0.15) is 49.1 Å². The smallest absolute Gasteiger partial charge is 0.234 e. The Labute approximate surface area is 180 Å². The van der Waals surface area contributed by atoms with E-state index >= 15 is 0 Å². The predicted octanol–water partition coefficient (Wildman–Crippen LogP) is 5.89. The molecule has 2 heterocycles. The number of rotatable bonds is 8. The number of thiophene rings is 1. The molecule has 0 aliphatic carbocycles. The second-order valence-electron chi connectivity index (χ2n) is 7.40. The van der Waals surface area contributed by atoms with Gasteiger partial charge in [-0.25, -0.2) is 0 Å². The minimum atomic E-state index is -0.0394.